The molecule has 0 spiro atoms. The Morgan fingerprint density at radius 3 is 2.85 bits per heavy atom. The smallest absolute Gasteiger partial charge is 0.259 e. The molecule has 7 heteroatoms. The third-order valence-electron chi connectivity index (χ3n) is 4.62. The maximum Gasteiger partial charge on any atom is 0.259 e. The van der Waals surface area contributed by atoms with Crippen LogP contribution in [0.2, 0.25) is 0 Å². The van der Waals surface area contributed by atoms with Crippen LogP contribution in [0.5, 0.6) is 0 Å². The second-order valence-electron chi connectivity index (χ2n) is 7.96. The van der Waals surface area contributed by atoms with Gasteiger partial charge in [-0.15, -0.1) is 11.3 Å². The lowest BCUT2D eigenvalue weighted by Gasteiger charge is -2.26. The van der Waals surface area contributed by atoms with E-state index in [0.29, 0.717) is 25.5 Å². The summed E-state index contributed by atoms with van der Waals surface area (Å²) in [6.45, 7) is 9.99. The number of fused-ring (bicyclic) bond motifs is 3. The van der Waals surface area contributed by atoms with Gasteiger partial charge in [0.1, 0.15) is 10.7 Å². The average molecular weight is 380 g/mol. The molecule has 0 saturated carbocycles. The normalized spacial score (nSPS) is 15.8. The SMILES string of the molecule is CCN(Cc1nc2sc3c(c2c(=O)[nH]1)CCC3)CC(O)COC(C)(C)C. The second-order valence-corrected chi connectivity index (χ2v) is 9.04. The Bertz CT molecular complexity index is 822. The van der Waals surface area contributed by atoms with Crippen LogP contribution in [0.15, 0.2) is 4.79 Å². The Morgan fingerprint density at radius 1 is 1.38 bits per heavy atom. The number of rotatable bonds is 7. The maximum atomic E-state index is 12.5. The Hall–Kier alpha value is -1.28. The minimum atomic E-state index is -0.574. The molecule has 2 aromatic rings. The van der Waals surface area contributed by atoms with Gasteiger partial charge in [-0.3, -0.25) is 9.69 Å². The number of aryl methyl sites for hydroxylation is 2. The average Bonchev–Trinajstić information content (AvgIpc) is 3.11. The van der Waals surface area contributed by atoms with Gasteiger partial charge in [-0.1, -0.05) is 6.92 Å². The second kappa shape index (κ2) is 7.76. The van der Waals surface area contributed by atoms with Crippen LogP contribution in [0.1, 0.15) is 50.4 Å². The summed E-state index contributed by atoms with van der Waals surface area (Å²) in [5.41, 5.74) is 0.902. The molecule has 6 nitrogen and oxygen atoms in total. The molecule has 0 radical (unpaired) electrons. The maximum absolute atomic E-state index is 12.5. The predicted octanol–water partition coefficient (Wildman–Crippen LogP) is 2.47. The van der Waals surface area contributed by atoms with Crippen LogP contribution in [-0.4, -0.2) is 51.4 Å². The molecule has 0 fully saturated rings. The van der Waals surface area contributed by atoms with Crippen molar-refractivity contribution in [1.29, 1.82) is 0 Å². The Morgan fingerprint density at radius 2 is 2.15 bits per heavy atom. The van der Waals surface area contributed by atoms with Gasteiger partial charge in [0.05, 0.1) is 30.2 Å². The molecule has 0 aliphatic heterocycles. The molecule has 1 aliphatic carbocycles. The van der Waals surface area contributed by atoms with E-state index in [-0.39, 0.29) is 11.2 Å². The van der Waals surface area contributed by atoms with Crippen molar-refractivity contribution < 1.29 is 9.84 Å². The highest BCUT2D eigenvalue weighted by Gasteiger charge is 2.22. The summed E-state index contributed by atoms with van der Waals surface area (Å²) < 4.78 is 5.65. The molecule has 1 unspecified atom stereocenters. The van der Waals surface area contributed by atoms with Crippen molar-refractivity contribution in [3.63, 3.8) is 0 Å². The van der Waals surface area contributed by atoms with Gasteiger partial charge in [-0.2, -0.15) is 0 Å². The fourth-order valence-electron chi connectivity index (χ4n) is 3.34. The molecule has 0 aromatic carbocycles. The number of hydrogen-bond donors (Lipinski definition) is 2. The lowest BCUT2D eigenvalue weighted by Crippen LogP contribution is -2.37. The highest BCUT2D eigenvalue weighted by Crippen LogP contribution is 2.34. The summed E-state index contributed by atoms with van der Waals surface area (Å²) >= 11 is 1.66. The van der Waals surface area contributed by atoms with Gasteiger partial charge in [0, 0.05) is 11.4 Å². The monoisotopic (exact) mass is 379 g/mol. The van der Waals surface area contributed by atoms with Crippen LogP contribution >= 0.6 is 11.3 Å². The van der Waals surface area contributed by atoms with E-state index in [4.69, 9.17) is 4.74 Å². The summed E-state index contributed by atoms with van der Waals surface area (Å²) in [6.07, 6.45) is 2.61. The number of thiophene rings is 1. The molecule has 0 saturated heterocycles. The molecule has 26 heavy (non-hydrogen) atoms. The van der Waals surface area contributed by atoms with E-state index in [0.717, 1.165) is 36.0 Å². The minimum absolute atomic E-state index is 0.0305. The molecule has 0 bridgehead atoms. The molecule has 2 aromatic heterocycles. The molecule has 1 aliphatic rings. The number of hydrogen-bond acceptors (Lipinski definition) is 6. The van der Waals surface area contributed by atoms with Gasteiger partial charge in [-0.05, 0) is 52.1 Å². The number of aliphatic hydroxyl groups excluding tert-OH is 1. The van der Waals surface area contributed by atoms with E-state index in [2.05, 4.69) is 14.9 Å². The molecular formula is C19H29N3O3S. The highest BCUT2D eigenvalue weighted by atomic mass is 32.1. The third-order valence-corrected chi connectivity index (χ3v) is 5.81. The van der Waals surface area contributed by atoms with Crippen LogP contribution in [0, 0.1) is 0 Å². The van der Waals surface area contributed by atoms with Crippen molar-refractivity contribution in [3.8, 4) is 0 Å². The van der Waals surface area contributed by atoms with Gasteiger partial charge < -0.3 is 14.8 Å². The summed E-state index contributed by atoms with van der Waals surface area (Å²) in [5.74, 6) is 0.660. The number of aromatic nitrogens is 2. The van der Waals surface area contributed by atoms with Gasteiger partial charge >= 0.3 is 0 Å². The number of aromatic amines is 1. The van der Waals surface area contributed by atoms with Crippen LogP contribution in [-0.2, 0) is 24.1 Å². The van der Waals surface area contributed by atoms with Crippen molar-refractivity contribution in [2.75, 3.05) is 19.7 Å². The van der Waals surface area contributed by atoms with Gasteiger partial charge in [0.25, 0.3) is 5.56 Å². The first kappa shape index (κ1) is 19.5. The first-order chi connectivity index (χ1) is 12.3. The van der Waals surface area contributed by atoms with Crippen molar-refractivity contribution >= 4 is 21.6 Å². The van der Waals surface area contributed by atoms with Crippen LogP contribution < -0.4 is 5.56 Å². The van der Waals surface area contributed by atoms with Crippen molar-refractivity contribution in [3.05, 3.63) is 26.6 Å². The van der Waals surface area contributed by atoms with E-state index in [1.807, 2.05) is 27.7 Å². The molecule has 144 valence electrons. The number of likely N-dealkylation sites (N-methyl/N-ethyl adjacent to an activating group) is 1. The van der Waals surface area contributed by atoms with Crippen molar-refractivity contribution in [2.45, 2.75) is 65.2 Å². The molecule has 2 N–H and O–H groups in total. The Labute approximate surface area is 158 Å². The lowest BCUT2D eigenvalue weighted by atomic mass is 10.2. The topological polar surface area (TPSA) is 78.5 Å². The summed E-state index contributed by atoms with van der Waals surface area (Å²) in [4.78, 5) is 24.4. The van der Waals surface area contributed by atoms with E-state index < -0.39 is 6.10 Å². The standard InChI is InChI=1S/C19H29N3O3S/c1-5-22(9-12(23)11-25-19(2,3)4)10-15-20-17(24)16-13-7-6-8-14(13)26-18(16)21-15/h12,23H,5-11H2,1-4H3,(H,20,21,24). The van der Waals surface area contributed by atoms with Crippen LogP contribution in [0.4, 0.5) is 0 Å². The third kappa shape index (κ3) is 4.52. The number of nitrogens with zero attached hydrogens (tertiary/aromatic N) is 2. The zero-order valence-electron chi connectivity index (χ0n) is 16.1. The number of ether oxygens (including phenoxy) is 1. The van der Waals surface area contributed by atoms with Gasteiger partial charge in [0.2, 0.25) is 0 Å². The van der Waals surface area contributed by atoms with Gasteiger partial charge in [-0.25, -0.2) is 4.98 Å². The lowest BCUT2D eigenvalue weighted by molar-refractivity contribution is -0.0564. The minimum Gasteiger partial charge on any atom is -0.389 e. The highest BCUT2D eigenvalue weighted by molar-refractivity contribution is 7.18. The summed E-state index contributed by atoms with van der Waals surface area (Å²) in [5, 5.41) is 11.0. The Balaban J connectivity index is 1.69. The number of aliphatic hydroxyl groups is 1. The molecule has 3 rings (SSSR count). The number of H-pyrrole nitrogens is 1. The molecule has 1 atom stereocenters. The van der Waals surface area contributed by atoms with Crippen molar-refractivity contribution in [2.24, 2.45) is 0 Å². The van der Waals surface area contributed by atoms with Gasteiger partial charge in [0.15, 0.2) is 0 Å². The van der Waals surface area contributed by atoms with Crippen LogP contribution in [0.25, 0.3) is 10.2 Å². The first-order valence-corrected chi connectivity index (χ1v) is 10.2. The van der Waals surface area contributed by atoms with E-state index >= 15 is 0 Å². The predicted molar refractivity (Wildman–Crippen MR) is 105 cm³/mol. The van der Waals surface area contributed by atoms with E-state index in [1.165, 1.54) is 10.4 Å². The quantitative estimate of drug-likeness (QED) is 0.773. The zero-order valence-corrected chi connectivity index (χ0v) is 16.9. The largest absolute Gasteiger partial charge is 0.389 e. The van der Waals surface area contributed by atoms with Crippen LogP contribution in [0.3, 0.4) is 0 Å². The van der Waals surface area contributed by atoms with E-state index in [1.54, 1.807) is 11.3 Å². The van der Waals surface area contributed by atoms with Crippen molar-refractivity contribution in [1.82, 2.24) is 14.9 Å². The molecular weight excluding hydrogens is 350 g/mol. The first-order valence-electron chi connectivity index (χ1n) is 9.34. The fraction of sp³-hybridized carbons (Fsp3) is 0.684. The Kier molecular flexibility index (Phi) is 5.81. The summed E-state index contributed by atoms with van der Waals surface area (Å²) in [6, 6.07) is 0. The zero-order chi connectivity index (χ0) is 18.9. The molecule has 2 heterocycles. The number of nitrogens with one attached hydrogen (secondary N) is 1. The molecule has 0 amide bonds. The summed E-state index contributed by atoms with van der Waals surface area (Å²) in [7, 11) is 0. The fourth-order valence-corrected chi connectivity index (χ4v) is 4.62. The van der Waals surface area contributed by atoms with E-state index in [9.17, 15) is 9.90 Å².